The summed E-state index contributed by atoms with van der Waals surface area (Å²) in [6.45, 7) is 7.78. The number of ether oxygens (including phenoxy) is 1. The van der Waals surface area contributed by atoms with Gasteiger partial charge in [-0.25, -0.2) is 0 Å². The van der Waals surface area contributed by atoms with E-state index in [4.69, 9.17) is 4.74 Å². The molecule has 2 N–H and O–H groups in total. The lowest BCUT2D eigenvalue weighted by Gasteiger charge is -2.15. The molecule has 2 aromatic rings. The number of carbonyl (C=O) groups is 2. The van der Waals surface area contributed by atoms with E-state index in [2.05, 4.69) is 10.6 Å². The number of aryl methyl sites for hydroxylation is 1. The molecule has 0 spiro atoms. The summed E-state index contributed by atoms with van der Waals surface area (Å²) < 4.78 is 5.62. The maximum Gasteiger partial charge on any atom is 0.262 e. The van der Waals surface area contributed by atoms with Crippen LogP contribution in [0.2, 0.25) is 0 Å². The van der Waals surface area contributed by atoms with Crippen molar-refractivity contribution >= 4 is 17.5 Å². The van der Waals surface area contributed by atoms with Crippen molar-refractivity contribution in [3.05, 3.63) is 59.2 Å². The molecule has 0 aromatic heterocycles. The van der Waals surface area contributed by atoms with Crippen LogP contribution in [0.1, 0.15) is 41.8 Å². The molecule has 0 aliphatic rings. The van der Waals surface area contributed by atoms with E-state index in [1.165, 1.54) is 0 Å². The second-order valence-electron chi connectivity index (χ2n) is 6.36. The molecule has 0 heterocycles. The van der Waals surface area contributed by atoms with Crippen molar-refractivity contribution in [2.24, 2.45) is 0 Å². The quantitative estimate of drug-likeness (QED) is 0.794. The fourth-order valence-electron chi connectivity index (χ4n) is 2.40. The highest BCUT2D eigenvalue weighted by molar-refractivity contribution is 6.04. The molecule has 5 heteroatoms. The molecule has 26 heavy (non-hydrogen) atoms. The maximum absolute atomic E-state index is 12.4. The van der Waals surface area contributed by atoms with E-state index >= 15 is 0 Å². The summed E-state index contributed by atoms with van der Waals surface area (Å²) >= 11 is 0. The van der Waals surface area contributed by atoms with Crippen LogP contribution in [0.15, 0.2) is 42.5 Å². The topological polar surface area (TPSA) is 67.4 Å². The van der Waals surface area contributed by atoms with Gasteiger partial charge in [0.25, 0.3) is 11.8 Å². The van der Waals surface area contributed by atoms with Gasteiger partial charge in [0.1, 0.15) is 5.75 Å². The third kappa shape index (κ3) is 5.09. The number of benzene rings is 2. The lowest BCUT2D eigenvalue weighted by Crippen LogP contribution is -2.33. The van der Waals surface area contributed by atoms with Crippen LogP contribution in [0.5, 0.6) is 5.75 Å². The van der Waals surface area contributed by atoms with Crippen LogP contribution in [0.4, 0.5) is 5.69 Å². The first kappa shape index (κ1) is 19.5. The molecule has 0 bridgehead atoms. The van der Waals surface area contributed by atoms with Crippen molar-refractivity contribution in [1.29, 1.82) is 0 Å². The Morgan fingerprint density at radius 3 is 2.54 bits per heavy atom. The third-order valence-corrected chi connectivity index (χ3v) is 4.35. The standard InChI is InChI=1S/C21H26N2O3/c1-5-15(3)22-21(25)17-10-6-7-11-18(17)23-20(24)13-26-19-12-8-9-14(2)16(19)4/h6-12,15H,5,13H2,1-4H3,(H,22,25)(H,23,24)/t15-/m1/s1. The highest BCUT2D eigenvalue weighted by Crippen LogP contribution is 2.21. The average Bonchev–Trinajstić information content (AvgIpc) is 2.63. The number of rotatable bonds is 7. The van der Waals surface area contributed by atoms with Gasteiger partial charge in [-0.05, 0) is 56.5 Å². The maximum atomic E-state index is 12.4. The molecule has 2 aromatic carbocycles. The van der Waals surface area contributed by atoms with Gasteiger partial charge >= 0.3 is 0 Å². The van der Waals surface area contributed by atoms with Crippen LogP contribution < -0.4 is 15.4 Å². The number of amides is 2. The number of nitrogens with one attached hydrogen (secondary N) is 2. The monoisotopic (exact) mass is 354 g/mol. The summed E-state index contributed by atoms with van der Waals surface area (Å²) in [4.78, 5) is 24.7. The van der Waals surface area contributed by atoms with E-state index in [0.29, 0.717) is 17.0 Å². The molecule has 0 unspecified atom stereocenters. The number of para-hydroxylation sites is 1. The Labute approximate surface area is 154 Å². The summed E-state index contributed by atoms with van der Waals surface area (Å²) in [5, 5.41) is 5.67. The molecule has 5 nitrogen and oxygen atoms in total. The summed E-state index contributed by atoms with van der Waals surface area (Å²) in [6.07, 6.45) is 0.837. The van der Waals surface area contributed by atoms with Gasteiger partial charge in [-0.3, -0.25) is 9.59 Å². The highest BCUT2D eigenvalue weighted by atomic mass is 16.5. The normalized spacial score (nSPS) is 11.5. The smallest absolute Gasteiger partial charge is 0.262 e. The first-order chi connectivity index (χ1) is 12.4. The molecule has 138 valence electrons. The average molecular weight is 354 g/mol. The van der Waals surface area contributed by atoms with Gasteiger partial charge in [0.2, 0.25) is 0 Å². The van der Waals surface area contributed by atoms with Crippen LogP contribution >= 0.6 is 0 Å². The van der Waals surface area contributed by atoms with Crippen LogP contribution in [0.25, 0.3) is 0 Å². The summed E-state index contributed by atoms with van der Waals surface area (Å²) in [7, 11) is 0. The molecule has 0 saturated heterocycles. The molecule has 0 aliphatic heterocycles. The fourth-order valence-corrected chi connectivity index (χ4v) is 2.40. The van der Waals surface area contributed by atoms with E-state index < -0.39 is 0 Å². The van der Waals surface area contributed by atoms with Gasteiger partial charge in [-0.2, -0.15) is 0 Å². The second kappa shape index (κ2) is 9.04. The molecule has 2 amide bonds. The SMILES string of the molecule is CC[C@@H](C)NC(=O)c1ccccc1NC(=O)COc1cccc(C)c1C. The molecule has 1 atom stereocenters. The van der Waals surface area contributed by atoms with Crippen LogP contribution in [-0.2, 0) is 4.79 Å². The van der Waals surface area contributed by atoms with Gasteiger partial charge < -0.3 is 15.4 Å². The summed E-state index contributed by atoms with van der Waals surface area (Å²) in [5.74, 6) is 0.170. The van der Waals surface area contributed by atoms with Crippen LogP contribution in [0.3, 0.4) is 0 Å². The largest absolute Gasteiger partial charge is 0.483 e. The fraction of sp³-hybridized carbons (Fsp3) is 0.333. The zero-order valence-electron chi connectivity index (χ0n) is 15.8. The number of hydrogen-bond donors (Lipinski definition) is 2. The van der Waals surface area contributed by atoms with Gasteiger partial charge in [-0.1, -0.05) is 31.2 Å². The van der Waals surface area contributed by atoms with Gasteiger partial charge in [-0.15, -0.1) is 0 Å². The lowest BCUT2D eigenvalue weighted by atomic mass is 10.1. The molecular weight excluding hydrogens is 328 g/mol. The van der Waals surface area contributed by atoms with Crippen molar-refractivity contribution in [1.82, 2.24) is 5.32 Å². The zero-order valence-corrected chi connectivity index (χ0v) is 15.8. The molecule has 0 fully saturated rings. The third-order valence-electron chi connectivity index (χ3n) is 4.35. The van der Waals surface area contributed by atoms with E-state index in [1.807, 2.05) is 45.9 Å². The molecule has 0 saturated carbocycles. The minimum Gasteiger partial charge on any atom is -0.483 e. The molecule has 2 rings (SSSR count). The minimum atomic E-state index is -0.310. The van der Waals surface area contributed by atoms with Crippen molar-refractivity contribution in [2.75, 3.05) is 11.9 Å². The minimum absolute atomic E-state index is 0.0684. The Hall–Kier alpha value is -2.82. The second-order valence-corrected chi connectivity index (χ2v) is 6.36. The van der Waals surface area contributed by atoms with Crippen LogP contribution in [-0.4, -0.2) is 24.5 Å². The van der Waals surface area contributed by atoms with Crippen molar-refractivity contribution in [3.63, 3.8) is 0 Å². The van der Waals surface area contributed by atoms with E-state index in [0.717, 1.165) is 17.5 Å². The van der Waals surface area contributed by atoms with E-state index in [-0.39, 0.29) is 24.5 Å². The Bertz CT molecular complexity index is 787. The Balaban J connectivity index is 2.03. The predicted molar refractivity (Wildman–Crippen MR) is 104 cm³/mol. The zero-order chi connectivity index (χ0) is 19.1. The van der Waals surface area contributed by atoms with E-state index in [9.17, 15) is 9.59 Å². The first-order valence-electron chi connectivity index (χ1n) is 8.81. The number of hydrogen-bond acceptors (Lipinski definition) is 3. The van der Waals surface area contributed by atoms with E-state index in [1.54, 1.807) is 24.3 Å². The van der Waals surface area contributed by atoms with Crippen LogP contribution in [0, 0.1) is 13.8 Å². The summed E-state index contributed by atoms with van der Waals surface area (Å²) in [5.41, 5.74) is 3.03. The van der Waals surface area contributed by atoms with Gasteiger partial charge in [0.15, 0.2) is 6.61 Å². The van der Waals surface area contributed by atoms with Crippen molar-refractivity contribution < 1.29 is 14.3 Å². The number of anilines is 1. The predicted octanol–water partition coefficient (Wildman–Crippen LogP) is 3.85. The first-order valence-corrected chi connectivity index (χ1v) is 8.81. The highest BCUT2D eigenvalue weighted by Gasteiger charge is 2.15. The lowest BCUT2D eigenvalue weighted by molar-refractivity contribution is -0.118. The van der Waals surface area contributed by atoms with Gasteiger partial charge in [0.05, 0.1) is 11.3 Å². The van der Waals surface area contributed by atoms with Crippen molar-refractivity contribution in [3.8, 4) is 5.75 Å². The molecule has 0 radical (unpaired) electrons. The Morgan fingerprint density at radius 1 is 1.08 bits per heavy atom. The molecular formula is C21H26N2O3. The van der Waals surface area contributed by atoms with Crippen molar-refractivity contribution in [2.45, 2.75) is 40.2 Å². The Morgan fingerprint density at radius 2 is 1.81 bits per heavy atom. The van der Waals surface area contributed by atoms with Gasteiger partial charge in [0, 0.05) is 6.04 Å². The number of carbonyl (C=O) groups excluding carboxylic acids is 2. The Kier molecular flexibility index (Phi) is 6.78. The summed E-state index contributed by atoms with van der Waals surface area (Å²) in [6, 6.07) is 12.7. The molecule has 0 aliphatic carbocycles.